The second-order valence-electron chi connectivity index (χ2n) is 6.92. The first-order valence-corrected chi connectivity index (χ1v) is 9.95. The number of benzene rings is 4. The minimum absolute atomic E-state index is 0.372. The van der Waals surface area contributed by atoms with Crippen molar-refractivity contribution >= 4 is 5.97 Å². The van der Waals surface area contributed by atoms with Crippen LogP contribution in [0.15, 0.2) is 103 Å². The zero-order valence-electron chi connectivity index (χ0n) is 17.2. The van der Waals surface area contributed by atoms with Crippen LogP contribution in [0.25, 0.3) is 11.1 Å². The molecule has 31 heavy (non-hydrogen) atoms. The summed E-state index contributed by atoms with van der Waals surface area (Å²) >= 11 is 0. The summed E-state index contributed by atoms with van der Waals surface area (Å²) in [7, 11) is 1.61. The molecule has 4 nitrogen and oxygen atoms in total. The number of para-hydroxylation sites is 2. The van der Waals surface area contributed by atoms with E-state index in [1.807, 2.05) is 78.9 Å². The molecule has 0 heterocycles. The Hall–Kier alpha value is -4.05. The van der Waals surface area contributed by atoms with E-state index in [4.69, 9.17) is 14.2 Å². The summed E-state index contributed by atoms with van der Waals surface area (Å²) in [5.74, 6) is 1.46. The molecule has 0 N–H and O–H groups in total. The average Bonchev–Trinajstić information content (AvgIpc) is 2.84. The van der Waals surface area contributed by atoms with Gasteiger partial charge >= 0.3 is 5.97 Å². The van der Waals surface area contributed by atoms with Gasteiger partial charge in [-0.05, 0) is 53.1 Å². The number of hydrogen-bond donors (Lipinski definition) is 0. The average molecular weight is 410 g/mol. The van der Waals surface area contributed by atoms with Gasteiger partial charge in [-0.1, -0.05) is 66.7 Å². The van der Waals surface area contributed by atoms with E-state index >= 15 is 0 Å². The van der Waals surface area contributed by atoms with Gasteiger partial charge in [0.25, 0.3) is 0 Å². The van der Waals surface area contributed by atoms with Crippen LogP contribution in [-0.2, 0) is 6.61 Å². The van der Waals surface area contributed by atoms with Crippen LogP contribution in [0.1, 0.15) is 15.9 Å². The van der Waals surface area contributed by atoms with Gasteiger partial charge in [0.05, 0.1) is 12.7 Å². The Bertz CT molecular complexity index is 1130. The van der Waals surface area contributed by atoms with E-state index < -0.39 is 5.97 Å². The van der Waals surface area contributed by atoms with Crippen molar-refractivity contribution in [3.63, 3.8) is 0 Å². The van der Waals surface area contributed by atoms with Gasteiger partial charge in [0.15, 0.2) is 11.5 Å². The van der Waals surface area contributed by atoms with Crippen LogP contribution in [0.5, 0.6) is 17.2 Å². The van der Waals surface area contributed by atoms with E-state index in [0.29, 0.717) is 29.4 Å². The van der Waals surface area contributed by atoms with E-state index in [1.54, 1.807) is 31.4 Å². The van der Waals surface area contributed by atoms with Gasteiger partial charge in [0, 0.05) is 0 Å². The van der Waals surface area contributed by atoms with E-state index in [-0.39, 0.29) is 0 Å². The van der Waals surface area contributed by atoms with E-state index in [1.165, 1.54) is 0 Å². The van der Waals surface area contributed by atoms with E-state index in [2.05, 4.69) is 0 Å². The number of rotatable bonds is 7. The predicted molar refractivity (Wildman–Crippen MR) is 121 cm³/mol. The maximum atomic E-state index is 12.5. The maximum absolute atomic E-state index is 12.5. The minimum Gasteiger partial charge on any atom is -0.493 e. The Morgan fingerprint density at radius 3 is 1.97 bits per heavy atom. The number of carbonyl (C=O) groups is 1. The first kappa shape index (κ1) is 20.2. The quantitative estimate of drug-likeness (QED) is 0.270. The van der Waals surface area contributed by atoms with Crippen LogP contribution in [0.2, 0.25) is 0 Å². The minimum atomic E-state index is -0.398. The van der Waals surface area contributed by atoms with Gasteiger partial charge in [-0.3, -0.25) is 0 Å². The molecule has 0 atom stereocenters. The van der Waals surface area contributed by atoms with Crippen LogP contribution in [0.4, 0.5) is 0 Å². The molecule has 0 aromatic heterocycles. The summed E-state index contributed by atoms with van der Waals surface area (Å²) in [5, 5.41) is 0. The molecule has 0 spiro atoms. The molecule has 0 aliphatic carbocycles. The Morgan fingerprint density at radius 1 is 0.677 bits per heavy atom. The second kappa shape index (κ2) is 9.63. The fraction of sp³-hybridized carbons (Fsp3) is 0.0741. The van der Waals surface area contributed by atoms with Crippen molar-refractivity contribution in [2.24, 2.45) is 0 Å². The van der Waals surface area contributed by atoms with Gasteiger partial charge in [0.1, 0.15) is 12.4 Å². The molecular weight excluding hydrogens is 388 g/mol. The SMILES string of the molecule is COc1ccccc1OCc1ccc(C(=O)Oc2ccc(-c3ccccc3)cc2)cc1. The van der Waals surface area contributed by atoms with Crippen LogP contribution in [-0.4, -0.2) is 13.1 Å². The zero-order valence-corrected chi connectivity index (χ0v) is 17.2. The number of hydrogen-bond acceptors (Lipinski definition) is 4. The fourth-order valence-electron chi connectivity index (χ4n) is 3.15. The normalized spacial score (nSPS) is 10.4. The predicted octanol–water partition coefficient (Wildman–Crippen LogP) is 6.16. The topological polar surface area (TPSA) is 44.8 Å². The smallest absolute Gasteiger partial charge is 0.343 e. The molecule has 4 rings (SSSR count). The van der Waals surface area contributed by atoms with Crippen LogP contribution in [0, 0.1) is 0 Å². The Morgan fingerprint density at radius 2 is 1.29 bits per heavy atom. The second-order valence-corrected chi connectivity index (χ2v) is 6.92. The van der Waals surface area contributed by atoms with Gasteiger partial charge in [-0.15, -0.1) is 0 Å². The molecule has 0 unspecified atom stereocenters. The summed E-state index contributed by atoms with van der Waals surface area (Å²) in [6, 6.07) is 32.2. The third kappa shape index (κ3) is 5.11. The Labute approximate surface area is 181 Å². The van der Waals surface area contributed by atoms with Crippen LogP contribution >= 0.6 is 0 Å². The lowest BCUT2D eigenvalue weighted by atomic mass is 10.1. The lowest BCUT2D eigenvalue weighted by molar-refractivity contribution is 0.0734. The van der Waals surface area contributed by atoms with Crippen LogP contribution < -0.4 is 14.2 Å². The van der Waals surface area contributed by atoms with E-state index in [9.17, 15) is 4.79 Å². The Balaban J connectivity index is 1.36. The van der Waals surface area contributed by atoms with Crippen molar-refractivity contribution in [2.45, 2.75) is 6.61 Å². The lowest BCUT2D eigenvalue weighted by Crippen LogP contribution is -2.08. The highest BCUT2D eigenvalue weighted by atomic mass is 16.5. The van der Waals surface area contributed by atoms with Crippen molar-refractivity contribution in [2.75, 3.05) is 7.11 Å². The molecule has 0 radical (unpaired) electrons. The van der Waals surface area contributed by atoms with Crippen molar-refractivity contribution < 1.29 is 19.0 Å². The van der Waals surface area contributed by atoms with Gasteiger partial charge < -0.3 is 14.2 Å². The molecule has 0 fully saturated rings. The molecule has 4 aromatic rings. The summed E-state index contributed by atoms with van der Waals surface area (Å²) in [6.45, 7) is 0.372. The molecule has 4 aromatic carbocycles. The van der Waals surface area contributed by atoms with Gasteiger partial charge in [-0.25, -0.2) is 4.79 Å². The van der Waals surface area contributed by atoms with Gasteiger partial charge in [0.2, 0.25) is 0 Å². The molecule has 154 valence electrons. The largest absolute Gasteiger partial charge is 0.493 e. The summed E-state index contributed by atoms with van der Waals surface area (Å²) < 4.78 is 16.6. The number of esters is 1. The summed E-state index contributed by atoms with van der Waals surface area (Å²) in [5.41, 5.74) is 3.61. The monoisotopic (exact) mass is 410 g/mol. The molecule has 0 aliphatic heterocycles. The van der Waals surface area contributed by atoms with Crippen LogP contribution in [0.3, 0.4) is 0 Å². The standard InChI is InChI=1S/C27H22O4/c1-29-25-9-5-6-10-26(25)30-19-20-11-13-23(14-12-20)27(28)31-24-17-15-22(16-18-24)21-7-3-2-4-8-21/h2-18H,19H2,1H3. The highest BCUT2D eigenvalue weighted by Gasteiger charge is 2.10. The molecule has 0 aliphatic rings. The zero-order chi connectivity index (χ0) is 21.5. The molecular formula is C27H22O4. The van der Waals surface area contributed by atoms with Gasteiger partial charge in [-0.2, -0.15) is 0 Å². The lowest BCUT2D eigenvalue weighted by Gasteiger charge is -2.10. The number of methoxy groups -OCH3 is 1. The molecule has 0 saturated carbocycles. The van der Waals surface area contributed by atoms with Crippen molar-refractivity contribution in [3.05, 3.63) is 114 Å². The van der Waals surface area contributed by atoms with E-state index in [0.717, 1.165) is 16.7 Å². The molecule has 0 saturated heterocycles. The molecule has 0 amide bonds. The third-order valence-electron chi connectivity index (χ3n) is 4.83. The maximum Gasteiger partial charge on any atom is 0.343 e. The number of ether oxygens (including phenoxy) is 3. The first-order chi connectivity index (χ1) is 15.2. The fourth-order valence-corrected chi connectivity index (χ4v) is 3.15. The molecule has 4 heteroatoms. The Kier molecular flexibility index (Phi) is 6.29. The van der Waals surface area contributed by atoms with Crippen molar-refractivity contribution in [1.29, 1.82) is 0 Å². The first-order valence-electron chi connectivity index (χ1n) is 9.95. The number of carbonyl (C=O) groups excluding carboxylic acids is 1. The van der Waals surface area contributed by atoms with Crippen molar-refractivity contribution in [1.82, 2.24) is 0 Å². The third-order valence-corrected chi connectivity index (χ3v) is 4.83. The highest BCUT2D eigenvalue weighted by Crippen LogP contribution is 2.27. The molecule has 0 bridgehead atoms. The van der Waals surface area contributed by atoms with Crippen molar-refractivity contribution in [3.8, 4) is 28.4 Å². The summed E-state index contributed by atoms with van der Waals surface area (Å²) in [6.07, 6.45) is 0. The summed E-state index contributed by atoms with van der Waals surface area (Å²) in [4.78, 5) is 12.5. The highest BCUT2D eigenvalue weighted by molar-refractivity contribution is 5.91.